The number of likely N-dealkylation sites (tertiary alicyclic amines) is 1. The fraction of sp³-hybridized carbons (Fsp3) is 0.682. The van der Waals surface area contributed by atoms with E-state index >= 15 is 0 Å². The van der Waals surface area contributed by atoms with E-state index in [9.17, 15) is 13.2 Å². The van der Waals surface area contributed by atoms with E-state index in [1.165, 1.54) is 0 Å². The Hall–Kier alpha value is -1.48. The second-order valence-electron chi connectivity index (χ2n) is 8.44. The predicted molar refractivity (Wildman–Crippen MR) is 112 cm³/mol. The van der Waals surface area contributed by atoms with Crippen molar-refractivity contribution in [3.63, 3.8) is 0 Å². The second kappa shape index (κ2) is 9.77. The fourth-order valence-electron chi connectivity index (χ4n) is 4.56. The van der Waals surface area contributed by atoms with Crippen LogP contribution in [0, 0.1) is 5.92 Å². The van der Waals surface area contributed by atoms with Crippen LogP contribution in [0.15, 0.2) is 29.2 Å². The summed E-state index contributed by atoms with van der Waals surface area (Å²) in [6.45, 7) is 4.05. The van der Waals surface area contributed by atoms with Gasteiger partial charge in [-0.2, -0.15) is 4.31 Å². The Morgan fingerprint density at radius 3 is 2.20 bits per heavy atom. The second-order valence-corrected chi connectivity index (χ2v) is 10.4. The Morgan fingerprint density at radius 2 is 1.57 bits per heavy atom. The molecule has 166 valence electrons. The lowest BCUT2D eigenvalue weighted by molar-refractivity contribution is -0.136. The predicted octanol–water partition coefficient (Wildman–Crippen LogP) is 2.41. The molecule has 4 rings (SSSR count). The molecular weight excluding hydrogens is 404 g/mol. The third-order valence-electron chi connectivity index (χ3n) is 6.43. The van der Waals surface area contributed by atoms with E-state index in [1.54, 1.807) is 16.4 Å². The van der Waals surface area contributed by atoms with Crippen molar-refractivity contribution in [3.05, 3.63) is 29.8 Å². The summed E-state index contributed by atoms with van der Waals surface area (Å²) in [6.07, 6.45) is 5.76. The molecule has 0 spiro atoms. The van der Waals surface area contributed by atoms with E-state index in [1.807, 2.05) is 17.0 Å². The molecule has 3 aliphatic heterocycles. The highest BCUT2D eigenvalue weighted by atomic mass is 32.2. The smallest absolute Gasteiger partial charge is 0.243 e. The quantitative estimate of drug-likeness (QED) is 0.685. The Kier molecular flexibility index (Phi) is 7.08. The van der Waals surface area contributed by atoms with Crippen LogP contribution in [-0.4, -0.2) is 69.2 Å². The van der Waals surface area contributed by atoms with E-state index in [0.717, 1.165) is 50.8 Å². The third kappa shape index (κ3) is 5.04. The number of carbonyl (C=O) groups excluding carboxylic acids is 1. The number of piperidine rings is 2. The van der Waals surface area contributed by atoms with Crippen molar-refractivity contribution in [2.75, 3.05) is 39.4 Å². The van der Waals surface area contributed by atoms with Crippen LogP contribution < -0.4 is 0 Å². The van der Waals surface area contributed by atoms with Gasteiger partial charge in [0.05, 0.1) is 18.1 Å². The number of benzene rings is 1. The molecule has 3 aliphatic rings. The summed E-state index contributed by atoms with van der Waals surface area (Å²) in [5, 5.41) is 0. The molecule has 0 aromatic heterocycles. The minimum Gasteiger partial charge on any atom is -0.350 e. The van der Waals surface area contributed by atoms with Gasteiger partial charge in [-0.1, -0.05) is 18.6 Å². The normalized spacial score (nSPS) is 22.5. The van der Waals surface area contributed by atoms with Crippen molar-refractivity contribution in [2.45, 2.75) is 56.1 Å². The Bertz CT molecular complexity index is 806. The maximum absolute atomic E-state index is 12.7. The topological polar surface area (TPSA) is 76.2 Å². The van der Waals surface area contributed by atoms with Gasteiger partial charge in [0, 0.05) is 38.5 Å². The van der Waals surface area contributed by atoms with Gasteiger partial charge in [0.2, 0.25) is 15.9 Å². The molecule has 1 amide bonds. The molecule has 0 atom stereocenters. The zero-order valence-corrected chi connectivity index (χ0v) is 18.3. The van der Waals surface area contributed by atoms with E-state index in [-0.39, 0.29) is 12.2 Å². The van der Waals surface area contributed by atoms with Gasteiger partial charge in [-0.05, 0) is 49.8 Å². The first-order chi connectivity index (χ1) is 14.5. The largest absolute Gasteiger partial charge is 0.350 e. The van der Waals surface area contributed by atoms with E-state index in [2.05, 4.69) is 0 Å². The average molecular weight is 437 g/mol. The molecule has 3 fully saturated rings. The number of amides is 1. The molecule has 7 nitrogen and oxygen atoms in total. The van der Waals surface area contributed by atoms with Gasteiger partial charge in [-0.3, -0.25) is 4.79 Å². The molecule has 1 aromatic rings. The van der Waals surface area contributed by atoms with Crippen LogP contribution in [-0.2, 0) is 30.7 Å². The van der Waals surface area contributed by atoms with Crippen molar-refractivity contribution in [1.82, 2.24) is 9.21 Å². The molecule has 0 unspecified atom stereocenters. The Labute approximate surface area is 179 Å². The summed E-state index contributed by atoms with van der Waals surface area (Å²) in [6, 6.07) is 7.03. The summed E-state index contributed by atoms with van der Waals surface area (Å²) < 4.78 is 38.3. The maximum atomic E-state index is 12.7. The van der Waals surface area contributed by atoms with E-state index < -0.39 is 10.0 Å². The molecule has 0 saturated carbocycles. The molecular formula is C22H32N2O5S. The van der Waals surface area contributed by atoms with Crippen molar-refractivity contribution < 1.29 is 22.7 Å². The van der Waals surface area contributed by atoms with Gasteiger partial charge < -0.3 is 14.4 Å². The molecule has 3 saturated heterocycles. The van der Waals surface area contributed by atoms with Crippen molar-refractivity contribution in [2.24, 2.45) is 5.92 Å². The number of sulfonamides is 1. The number of rotatable bonds is 6. The molecule has 0 radical (unpaired) electrons. The van der Waals surface area contributed by atoms with Gasteiger partial charge in [0.1, 0.15) is 0 Å². The number of nitrogens with zero attached hydrogens (tertiary/aromatic N) is 2. The lowest BCUT2D eigenvalue weighted by atomic mass is 9.95. The molecule has 0 aliphatic carbocycles. The fourth-order valence-corrected chi connectivity index (χ4v) is 6.08. The zero-order chi connectivity index (χ0) is 21.0. The summed E-state index contributed by atoms with van der Waals surface area (Å²) >= 11 is 0. The molecule has 0 N–H and O–H groups in total. The van der Waals surface area contributed by atoms with Crippen molar-refractivity contribution in [1.29, 1.82) is 0 Å². The number of ether oxygens (including phenoxy) is 2. The van der Waals surface area contributed by atoms with Crippen LogP contribution in [0.5, 0.6) is 0 Å². The minimum absolute atomic E-state index is 0.0954. The SMILES string of the molecule is O=C(CCc1ccc(S(=O)(=O)N2CCCCC2)cc1)N1CCC(C2OCCO2)CC1. The maximum Gasteiger partial charge on any atom is 0.243 e. The monoisotopic (exact) mass is 436 g/mol. The highest BCUT2D eigenvalue weighted by Crippen LogP contribution is 2.26. The number of hydrogen-bond donors (Lipinski definition) is 0. The first-order valence-electron chi connectivity index (χ1n) is 11.1. The summed E-state index contributed by atoms with van der Waals surface area (Å²) in [5.74, 6) is 0.540. The van der Waals surface area contributed by atoms with Gasteiger partial charge in [0.15, 0.2) is 6.29 Å². The van der Waals surface area contributed by atoms with E-state index in [4.69, 9.17) is 9.47 Å². The summed E-state index contributed by atoms with van der Waals surface area (Å²) in [7, 11) is -3.40. The van der Waals surface area contributed by atoms with Crippen molar-refractivity contribution in [3.8, 4) is 0 Å². The number of carbonyl (C=O) groups is 1. The van der Waals surface area contributed by atoms with Crippen LogP contribution in [0.1, 0.15) is 44.1 Å². The van der Waals surface area contributed by atoms with Crippen LogP contribution in [0.25, 0.3) is 0 Å². The van der Waals surface area contributed by atoms with Gasteiger partial charge in [-0.15, -0.1) is 0 Å². The molecule has 3 heterocycles. The van der Waals surface area contributed by atoms with E-state index in [0.29, 0.717) is 50.0 Å². The lowest BCUT2D eigenvalue weighted by Gasteiger charge is -2.34. The van der Waals surface area contributed by atoms with Gasteiger partial charge in [0.25, 0.3) is 0 Å². The van der Waals surface area contributed by atoms with Gasteiger partial charge >= 0.3 is 0 Å². The van der Waals surface area contributed by atoms with Crippen LogP contribution in [0.3, 0.4) is 0 Å². The third-order valence-corrected chi connectivity index (χ3v) is 8.34. The van der Waals surface area contributed by atoms with Crippen LogP contribution in [0.4, 0.5) is 0 Å². The molecule has 0 bridgehead atoms. The van der Waals surface area contributed by atoms with Crippen LogP contribution in [0.2, 0.25) is 0 Å². The summed E-state index contributed by atoms with van der Waals surface area (Å²) in [5.41, 5.74) is 0.989. The van der Waals surface area contributed by atoms with Crippen LogP contribution >= 0.6 is 0 Å². The molecule has 30 heavy (non-hydrogen) atoms. The Morgan fingerprint density at radius 1 is 0.933 bits per heavy atom. The highest BCUT2D eigenvalue weighted by Gasteiger charge is 2.31. The highest BCUT2D eigenvalue weighted by molar-refractivity contribution is 7.89. The van der Waals surface area contributed by atoms with Gasteiger partial charge in [-0.25, -0.2) is 8.42 Å². The average Bonchev–Trinajstić information content (AvgIpc) is 3.33. The first-order valence-corrected chi connectivity index (χ1v) is 12.6. The first kappa shape index (κ1) is 21.7. The summed E-state index contributed by atoms with van der Waals surface area (Å²) in [4.78, 5) is 14.9. The lowest BCUT2D eigenvalue weighted by Crippen LogP contribution is -2.41. The Balaban J connectivity index is 1.25. The minimum atomic E-state index is -3.40. The number of hydrogen-bond acceptors (Lipinski definition) is 5. The zero-order valence-electron chi connectivity index (χ0n) is 17.5. The van der Waals surface area contributed by atoms with Crippen molar-refractivity contribution >= 4 is 15.9 Å². The molecule has 1 aromatic carbocycles. The number of aryl methyl sites for hydroxylation is 1. The molecule has 8 heteroatoms. The standard InChI is InChI=1S/C22H32N2O5S/c25-21(23-14-10-19(11-15-23)22-28-16-17-29-22)9-6-18-4-7-20(8-5-18)30(26,27)24-12-2-1-3-13-24/h4-5,7-8,19,22H,1-3,6,9-17H2.